The molecule has 1 aliphatic heterocycles. The second-order valence-electron chi connectivity index (χ2n) is 7.23. The monoisotopic (exact) mass is 457 g/mol. The number of benzene rings is 2. The van der Waals surface area contributed by atoms with Crippen molar-refractivity contribution in [1.29, 1.82) is 0 Å². The van der Waals surface area contributed by atoms with Crippen molar-refractivity contribution in [2.24, 2.45) is 0 Å². The maximum Gasteiger partial charge on any atom is 0.243 e. The minimum Gasteiger partial charge on any atom is -0.379 e. The maximum absolute atomic E-state index is 13.0. The van der Waals surface area contributed by atoms with Crippen molar-refractivity contribution in [3.8, 4) is 10.6 Å². The Balaban J connectivity index is 1.47. The number of carbonyl (C=O) groups excluding carboxylic acids is 1. The molecule has 1 fully saturated rings. The third-order valence-corrected chi connectivity index (χ3v) is 7.95. The second kappa shape index (κ2) is 9.27. The molecule has 1 saturated heterocycles. The van der Waals surface area contributed by atoms with Gasteiger partial charge in [0.25, 0.3) is 0 Å². The first-order chi connectivity index (χ1) is 14.9. The zero-order valence-electron chi connectivity index (χ0n) is 17.1. The molecule has 4 rings (SSSR count). The topological polar surface area (TPSA) is 88.6 Å². The van der Waals surface area contributed by atoms with Gasteiger partial charge in [0.2, 0.25) is 15.9 Å². The number of sulfonamides is 1. The maximum atomic E-state index is 13.0. The van der Waals surface area contributed by atoms with Gasteiger partial charge in [0.05, 0.1) is 30.2 Å². The molecule has 0 aliphatic carbocycles. The average molecular weight is 458 g/mol. The van der Waals surface area contributed by atoms with E-state index in [4.69, 9.17) is 4.74 Å². The Hall–Kier alpha value is -2.59. The number of aromatic nitrogens is 1. The molecule has 31 heavy (non-hydrogen) atoms. The number of hydrogen-bond donors (Lipinski definition) is 1. The van der Waals surface area contributed by atoms with Crippen LogP contribution in [0, 0.1) is 6.92 Å². The standard InChI is InChI=1S/C22H23N3O4S2/c1-16-7-8-18(13-20(16)31(27,28)25-9-11-29-12-10-25)23-21(26)14-19-15-30-22(24-19)17-5-3-2-4-6-17/h2-8,13,15H,9-12,14H2,1H3,(H,23,26). The molecule has 9 heteroatoms. The Morgan fingerprint density at radius 3 is 2.65 bits per heavy atom. The van der Waals surface area contributed by atoms with E-state index in [-0.39, 0.29) is 17.2 Å². The zero-order chi connectivity index (χ0) is 21.8. The Labute approximate surface area is 185 Å². The van der Waals surface area contributed by atoms with Crippen molar-refractivity contribution in [3.63, 3.8) is 0 Å². The number of thiazole rings is 1. The number of carbonyl (C=O) groups is 1. The summed E-state index contributed by atoms with van der Waals surface area (Å²) in [5.74, 6) is -0.247. The highest BCUT2D eigenvalue weighted by Crippen LogP contribution is 2.26. The van der Waals surface area contributed by atoms with E-state index in [1.165, 1.54) is 21.7 Å². The molecule has 0 radical (unpaired) electrons. The molecule has 0 saturated carbocycles. The van der Waals surface area contributed by atoms with Gasteiger partial charge >= 0.3 is 0 Å². The molecule has 1 amide bonds. The van der Waals surface area contributed by atoms with Crippen molar-refractivity contribution in [2.45, 2.75) is 18.2 Å². The van der Waals surface area contributed by atoms with E-state index >= 15 is 0 Å². The van der Waals surface area contributed by atoms with Gasteiger partial charge in [-0.15, -0.1) is 11.3 Å². The lowest BCUT2D eigenvalue weighted by molar-refractivity contribution is -0.115. The SMILES string of the molecule is Cc1ccc(NC(=O)Cc2csc(-c3ccccc3)n2)cc1S(=O)(=O)N1CCOCC1. The first-order valence-corrected chi connectivity index (χ1v) is 12.2. The first-order valence-electron chi connectivity index (χ1n) is 9.92. The van der Waals surface area contributed by atoms with Crippen molar-refractivity contribution >= 4 is 33.0 Å². The summed E-state index contributed by atoms with van der Waals surface area (Å²) in [7, 11) is -3.65. The van der Waals surface area contributed by atoms with Crippen molar-refractivity contribution in [3.05, 3.63) is 65.2 Å². The van der Waals surface area contributed by atoms with E-state index in [0.29, 0.717) is 43.2 Å². The fraction of sp³-hybridized carbons (Fsp3) is 0.273. The van der Waals surface area contributed by atoms with Gasteiger partial charge < -0.3 is 10.1 Å². The van der Waals surface area contributed by atoms with E-state index in [9.17, 15) is 13.2 Å². The second-order valence-corrected chi connectivity index (χ2v) is 10.00. The summed E-state index contributed by atoms with van der Waals surface area (Å²) in [6.45, 7) is 3.16. The van der Waals surface area contributed by atoms with Crippen LogP contribution in [0.15, 0.2) is 58.8 Å². The molecule has 2 heterocycles. The van der Waals surface area contributed by atoms with Gasteiger partial charge in [0.1, 0.15) is 5.01 Å². The van der Waals surface area contributed by atoms with Crippen molar-refractivity contribution in [1.82, 2.24) is 9.29 Å². The Morgan fingerprint density at radius 2 is 1.90 bits per heavy atom. The van der Waals surface area contributed by atoms with Gasteiger partial charge in [0.15, 0.2) is 0 Å². The molecule has 162 valence electrons. The molecular formula is C22H23N3O4S2. The number of morpholine rings is 1. The lowest BCUT2D eigenvalue weighted by atomic mass is 10.2. The van der Waals surface area contributed by atoms with Crippen LogP contribution < -0.4 is 5.32 Å². The van der Waals surface area contributed by atoms with Crippen LogP contribution in [0.25, 0.3) is 10.6 Å². The van der Waals surface area contributed by atoms with Gasteiger partial charge in [-0.05, 0) is 24.6 Å². The number of ether oxygens (including phenoxy) is 1. The molecule has 7 nitrogen and oxygen atoms in total. The number of aryl methyl sites for hydroxylation is 1. The molecule has 3 aromatic rings. The third kappa shape index (κ3) is 5.01. The molecule has 0 atom stereocenters. The summed E-state index contributed by atoms with van der Waals surface area (Å²) in [6.07, 6.45) is 0.114. The van der Waals surface area contributed by atoms with E-state index in [0.717, 1.165) is 10.6 Å². The molecule has 0 bridgehead atoms. The molecule has 2 aromatic carbocycles. The highest BCUT2D eigenvalue weighted by atomic mass is 32.2. The summed E-state index contributed by atoms with van der Waals surface area (Å²) >= 11 is 1.49. The minimum atomic E-state index is -3.65. The third-order valence-electron chi connectivity index (χ3n) is 4.97. The zero-order valence-corrected chi connectivity index (χ0v) is 18.7. The summed E-state index contributed by atoms with van der Waals surface area (Å²) < 4.78 is 32.7. The number of amides is 1. The quantitative estimate of drug-likeness (QED) is 0.613. The lowest BCUT2D eigenvalue weighted by Gasteiger charge is -2.26. The van der Waals surface area contributed by atoms with E-state index in [2.05, 4.69) is 10.3 Å². The van der Waals surface area contributed by atoms with Crippen molar-refractivity contribution < 1.29 is 17.9 Å². The molecule has 1 aliphatic rings. The van der Waals surface area contributed by atoms with Gasteiger partial charge in [-0.25, -0.2) is 13.4 Å². The van der Waals surface area contributed by atoms with E-state index < -0.39 is 10.0 Å². The van der Waals surface area contributed by atoms with Gasteiger partial charge in [-0.2, -0.15) is 4.31 Å². The highest BCUT2D eigenvalue weighted by molar-refractivity contribution is 7.89. The minimum absolute atomic E-state index is 0.114. The number of hydrogen-bond acceptors (Lipinski definition) is 6. The number of rotatable bonds is 6. The van der Waals surface area contributed by atoms with Gasteiger partial charge in [0, 0.05) is 29.7 Å². The number of nitrogens with zero attached hydrogens (tertiary/aromatic N) is 2. The van der Waals surface area contributed by atoms with Gasteiger partial charge in [-0.3, -0.25) is 4.79 Å². The summed E-state index contributed by atoms with van der Waals surface area (Å²) in [5.41, 5.74) is 2.77. The summed E-state index contributed by atoms with van der Waals surface area (Å²) in [5, 5.41) is 5.53. The molecule has 1 N–H and O–H groups in total. The Bertz CT molecular complexity index is 1170. The summed E-state index contributed by atoms with van der Waals surface area (Å²) in [6, 6.07) is 14.7. The first kappa shape index (κ1) is 21.6. The number of anilines is 1. The molecular weight excluding hydrogens is 434 g/mol. The molecule has 1 aromatic heterocycles. The van der Waals surface area contributed by atoms with Crippen LogP contribution in [0.3, 0.4) is 0 Å². The van der Waals surface area contributed by atoms with E-state index in [1.54, 1.807) is 19.1 Å². The fourth-order valence-electron chi connectivity index (χ4n) is 3.35. The van der Waals surface area contributed by atoms with E-state index in [1.807, 2.05) is 35.7 Å². The average Bonchev–Trinajstić information content (AvgIpc) is 3.24. The van der Waals surface area contributed by atoms with Crippen LogP contribution in [-0.2, 0) is 26.0 Å². The summed E-state index contributed by atoms with van der Waals surface area (Å²) in [4.78, 5) is 17.3. The van der Waals surface area contributed by atoms with Gasteiger partial charge in [-0.1, -0.05) is 36.4 Å². The normalized spacial score (nSPS) is 15.0. The Morgan fingerprint density at radius 1 is 1.16 bits per heavy atom. The predicted octanol–water partition coefficient (Wildman–Crippen LogP) is 3.32. The lowest BCUT2D eigenvalue weighted by Crippen LogP contribution is -2.40. The smallest absolute Gasteiger partial charge is 0.243 e. The van der Waals surface area contributed by atoms with Crippen LogP contribution in [0.2, 0.25) is 0 Å². The predicted molar refractivity (Wildman–Crippen MR) is 121 cm³/mol. The van der Waals surface area contributed by atoms with Crippen LogP contribution in [-0.4, -0.2) is 49.9 Å². The van der Waals surface area contributed by atoms with Crippen molar-refractivity contribution in [2.75, 3.05) is 31.6 Å². The fourth-order valence-corrected chi connectivity index (χ4v) is 5.84. The molecule has 0 unspecified atom stereocenters. The van der Waals surface area contributed by atoms with Crippen LogP contribution in [0.4, 0.5) is 5.69 Å². The molecule has 0 spiro atoms. The van der Waals surface area contributed by atoms with Crippen LogP contribution in [0.5, 0.6) is 0 Å². The Kier molecular flexibility index (Phi) is 6.47. The number of nitrogens with one attached hydrogen (secondary N) is 1. The van der Waals surface area contributed by atoms with Crippen LogP contribution >= 0.6 is 11.3 Å². The highest BCUT2D eigenvalue weighted by Gasteiger charge is 2.28. The largest absolute Gasteiger partial charge is 0.379 e. The van der Waals surface area contributed by atoms with Crippen LogP contribution in [0.1, 0.15) is 11.3 Å².